The summed E-state index contributed by atoms with van der Waals surface area (Å²) in [4.78, 5) is 2.27. The van der Waals surface area contributed by atoms with Crippen LogP contribution in [0, 0.1) is 11.8 Å². The third-order valence-corrected chi connectivity index (χ3v) is 12.5. The van der Waals surface area contributed by atoms with Gasteiger partial charge in [-0.05, 0) is 61.5 Å². The molecular formula is C31H36F4N3O2PS. The van der Waals surface area contributed by atoms with Gasteiger partial charge in [0, 0.05) is 30.7 Å². The van der Waals surface area contributed by atoms with Gasteiger partial charge in [0.1, 0.15) is 19.1 Å². The molecule has 2 aliphatic rings. The number of benzene rings is 2. The molecule has 3 aromatic rings. The van der Waals surface area contributed by atoms with Crippen molar-refractivity contribution in [2.75, 3.05) is 56.7 Å². The second-order valence-electron chi connectivity index (χ2n) is 11.1. The van der Waals surface area contributed by atoms with Crippen molar-refractivity contribution in [2.45, 2.75) is 50.5 Å². The van der Waals surface area contributed by atoms with Crippen molar-refractivity contribution in [3.63, 3.8) is 0 Å². The first-order chi connectivity index (χ1) is 20.1. The van der Waals surface area contributed by atoms with Gasteiger partial charge in [0.15, 0.2) is 0 Å². The van der Waals surface area contributed by atoms with E-state index in [4.69, 9.17) is 4.74 Å². The number of nitrogens with zero attached hydrogens (tertiary/aromatic N) is 1. The summed E-state index contributed by atoms with van der Waals surface area (Å²) in [6, 6.07) is 10.3. The smallest absolute Gasteiger partial charge is 0.393 e. The first-order valence-electron chi connectivity index (χ1n) is 14.3. The van der Waals surface area contributed by atoms with Crippen LogP contribution in [0.2, 0.25) is 0 Å². The number of methoxy groups -OCH3 is 1. The van der Waals surface area contributed by atoms with Gasteiger partial charge in [-0.3, -0.25) is 0 Å². The number of rotatable bonds is 7. The van der Waals surface area contributed by atoms with Crippen molar-refractivity contribution in [1.82, 2.24) is 4.90 Å². The third kappa shape index (κ3) is 7.07. The third-order valence-electron chi connectivity index (χ3n) is 8.04. The van der Waals surface area contributed by atoms with Crippen LogP contribution in [-0.4, -0.2) is 69.4 Å². The molecule has 0 bridgehead atoms. The molecule has 0 aliphatic carbocycles. The summed E-state index contributed by atoms with van der Waals surface area (Å²) in [5, 5.41) is 7.76. The van der Waals surface area contributed by atoms with Crippen LogP contribution in [0.1, 0.15) is 36.1 Å². The number of ether oxygens (including phenoxy) is 1. The predicted octanol–water partition coefficient (Wildman–Crippen LogP) is 7.10. The van der Waals surface area contributed by atoms with Crippen LogP contribution in [0.5, 0.6) is 5.75 Å². The van der Waals surface area contributed by atoms with Crippen LogP contribution in [0.15, 0.2) is 36.4 Å². The van der Waals surface area contributed by atoms with Gasteiger partial charge in [0.25, 0.3) is 0 Å². The second kappa shape index (κ2) is 12.9. The summed E-state index contributed by atoms with van der Waals surface area (Å²) >= 11 is 1.20. The summed E-state index contributed by atoms with van der Waals surface area (Å²) in [7, 11) is 1.01. The number of hydrogen-bond acceptors (Lipinski definition) is 6. The molecule has 2 saturated heterocycles. The highest BCUT2D eigenvalue weighted by Crippen LogP contribution is 2.50. The minimum Gasteiger partial charge on any atom is -0.495 e. The Balaban J connectivity index is 1.37. The summed E-state index contributed by atoms with van der Waals surface area (Å²) in [6.45, 7) is 1.24. The van der Waals surface area contributed by atoms with Crippen LogP contribution < -0.4 is 20.7 Å². The number of likely N-dealkylation sites (tertiary alicyclic amines) is 1. The molecule has 42 heavy (non-hydrogen) atoms. The van der Waals surface area contributed by atoms with E-state index in [1.807, 2.05) is 30.1 Å². The van der Waals surface area contributed by atoms with Gasteiger partial charge in [0.2, 0.25) is 0 Å². The minimum atomic E-state index is -4.40. The predicted molar refractivity (Wildman–Crippen MR) is 165 cm³/mol. The lowest BCUT2D eigenvalue weighted by molar-refractivity contribution is -0.126. The first kappa shape index (κ1) is 30.7. The highest BCUT2D eigenvalue weighted by atomic mass is 32.1. The van der Waals surface area contributed by atoms with Crippen LogP contribution in [0.4, 0.5) is 28.9 Å². The highest BCUT2D eigenvalue weighted by molar-refractivity contribution is 7.71. The number of fused-ring (bicyclic) bond motifs is 1. The van der Waals surface area contributed by atoms with E-state index in [9.17, 15) is 22.1 Å². The number of alkyl halides is 4. The lowest BCUT2D eigenvalue weighted by atomic mass is 10.0. The van der Waals surface area contributed by atoms with Crippen LogP contribution in [-0.2, 0) is 11.0 Å². The average Bonchev–Trinajstić information content (AvgIpc) is 3.29. The molecule has 1 aromatic heterocycles. The molecule has 0 saturated carbocycles. The molecule has 3 heterocycles. The fourth-order valence-electron chi connectivity index (χ4n) is 5.80. The molecule has 0 amide bonds. The van der Waals surface area contributed by atoms with Gasteiger partial charge in [-0.1, -0.05) is 30.4 Å². The Kier molecular flexibility index (Phi) is 9.41. The topological polar surface area (TPSA) is 53.6 Å². The van der Waals surface area contributed by atoms with E-state index >= 15 is 0 Å². The van der Waals surface area contributed by atoms with E-state index in [1.54, 1.807) is 25.3 Å². The number of anilines is 2. The molecule has 2 aliphatic heterocycles. The largest absolute Gasteiger partial charge is 0.495 e. The molecule has 226 valence electrons. The maximum atomic E-state index is 14.7. The van der Waals surface area contributed by atoms with Crippen LogP contribution >= 0.6 is 18.5 Å². The van der Waals surface area contributed by atoms with Gasteiger partial charge < -0.3 is 24.8 Å². The molecule has 11 heteroatoms. The SMILES string of the molecule is COc1cc(P2(=O)CCCCC2)ccc1NCC#Cc1sc2c(NC3CCN(C)C[C@H]3F)cccc2c1CC(F)(F)F. The van der Waals surface area contributed by atoms with Crippen molar-refractivity contribution < 1.29 is 26.9 Å². The van der Waals surface area contributed by atoms with E-state index in [1.165, 1.54) is 11.3 Å². The quantitative estimate of drug-likeness (QED) is 0.168. The van der Waals surface area contributed by atoms with E-state index in [-0.39, 0.29) is 12.1 Å². The molecular weight excluding hydrogens is 585 g/mol. The van der Waals surface area contributed by atoms with E-state index < -0.39 is 32.0 Å². The zero-order chi connectivity index (χ0) is 29.9. The zero-order valence-corrected chi connectivity index (χ0v) is 25.5. The molecule has 2 N–H and O–H groups in total. The average molecular weight is 622 g/mol. The maximum absolute atomic E-state index is 14.7. The standard InChI is InChI=1S/C31H36F4N3O2PS/c1-38-15-13-25(24(32)20-38)37-27-9-6-8-22-23(19-31(33,34)35)29(42-30(22)27)10-7-14-36-26-12-11-21(18-28(26)40-2)41(39)16-4-3-5-17-41/h6,8-9,11-12,18,24-25,36-37H,3-5,13-17,19-20H2,1-2H3/t24-,25?/m1/s1. The van der Waals surface area contributed by atoms with Crippen molar-refractivity contribution in [3.05, 3.63) is 46.8 Å². The van der Waals surface area contributed by atoms with Crippen molar-refractivity contribution in [2.24, 2.45) is 0 Å². The molecule has 2 atom stereocenters. The van der Waals surface area contributed by atoms with Crippen molar-refractivity contribution in [1.29, 1.82) is 0 Å². The minimum absolute atomic E-state index is 0.137. The fourth-order valence-corrected chi connectivity index (χ4v) is 9.88. The van der Waals surface area contributed by atoms with Crippen molar-refractivity contribution >= 4 is 45.2 Å². The molecule has 0 spiro atoms. The van der Waals surface area contributed by atoms with Gasteiger partial charge in [-0.25, -0.2) is 4.39 Å². The summed E-state index contributed by atoms with van der Waals surface area (Å²) in [6.07, 6.45) is -1.49. The number of piperidine rings is 1. The maximum Gasteiger partial charge on any atom is 0.393 e. The summed E-state index contributed by atoms with van der Waals surface area (Å²) < 4.78 is 75.2. The Morgan fingerprint density at radius 1 is 1.14 bits per heavy atom. The molecule has 1 unspecified atom stereocenters. The second-order valence-corrected chi connectivity index (χ2v) is 15.3. The zero-order valence-electron chi connectivity index (χ0n) is 23.8. The molecule has 2 fully saturated rings. The lowest BCUT2D eigenvalue weighted by Crippen LogP contribution is -2.46. The Bertz CT molecular complexity index is 1520. The molecule has 0 radical (unpaired) electrons. The number of halogens is 4. The van der Waals surface area contributed by atoms with Crippen LogP contribution in [0.3, 0.4) is 0 Å². The van der Waals surface area contributed by atoms with E-state index in [0.29, 0.717) is 57.4 Å². The Hall–Kier alpha value is -2.73. The first-order valence-corrected chi connectivity index (χ1v) is 17.2. The number of hydrogen-bond donors (Lipinski definition) is 2. The van der Waals surface area contributed by atoms with Crippen LogP contribution in [0.25, 0.3) is 10.1 Å². The van der Waals surface area contributed by atoms with E-state index in [0.717, 1.165) is 31.1 Å². The monoisotopic (exact) mass is 621 g/mol. The normalized spacial score (nSPS) is 21.0. The Morgan fingerprint density at radius 2 is 1.93 bits per heavy atom. The number of nitrogens with one attached hydrogen (secondary N) is 2. The van der Waals surface area contributed by atoms with Gasteiger partial charge in [0.05, 0.1) is 47.1 Å². The molecule has 5 rings (SSSR count). The van der Waals surface area contributed by atoms with Gasteiger partial charge in [-0.2, -0.15) is 13.2 Å². The summed E-state index contributed by atoms with van der Waals surface area (Å²) in [5.74, 6) is 6.49. The van der Waals surface area contributed by atoms with Crippen molar-refractivity contribution in [3.8, 4) is 17.6 Å². The van der Waals surface area contributed by atoms with E-state index in [2.05, 4.69) is 22.5 Å². The highest BCUT2D eigenvalue weighted by Gasteiger charge is 2.32. The Morgan fingerprint density at radius 3 is 2.64 bits per heavy atom. The summed E-state index contributed by atoms with van der Waals surface area (Å²) in [5.41, 5.74) is 1.44. The van der Waals surface area contributed by atoms with Gasteiger partial charge >= 0.3 is 6.18 Å². The Labute approximate surface area is 248 Å². The van der Waals surface area contributed by atoms with Gasteiger partial charge in [-0.15, -0.1) is 11.3 Å². The molecule has 5 nitrogen and oxygen atoms in total. The number of thiophene rings is 1. The molecule has 2 aromatic carbocycles. The lowest BCUT2D eigenvalue weighted by Gasteiger charge is -2.33. The fraction of sp³-hybridized carbons (Fsp3) is 0.484.